The van der Waals surface area contributed by atoms with Crippen LogP contribution in [-0.4, -0.2) is 31.8 Å². The molecule has 1 heterocycles. The van der Waals surface area contributed by atoms with Gasteiger partial charge in [0.15, 0.2) is 0 Å². The zero-order valence-electron chi connectivity index (χ0n) is 16.4. The number of halogens is 1. The number of aromatic amines is 1. The Bertz CT molecular complexity index is 1050. The maximum Gasteiger partial charge on any atom is 0.248 e. The molecule has 1 saturated carbocycles. The molecule has 29 heavy (non-hydrogen) atoms. The molecule has 152 valence electrons. The average Bonchev–Trinajstić information content (AvgIpc) is 3.49. The molecule has 2 N–H and O–H groups in total. The first kappa shape index (κ1) is 19.8. The summed E-state index contributed by atoms with van der Waals surface area (Å²) in [5.74, 6) is 2.84. The molecule has 3 aromatic rings. The summed E-state index contributed by atoms with van der Waals surface area (Å²) in [7, 11) is 1.70. The largest absolute Gasteiger partial charge is 0.496 e. The van der Waals surface area contributed by atoms with Crippen molar-refractivity contribution in [3.05, 3.63) is 69.5 Å². The summed E-state index contributed by atoms with van der Waals surface area (Å²) in [4.78, 5) is 14.3. The number of nitrogens with one attached hydrogen (secondary N) is 2. The van der Waals surface area contributed by atoms with Crippen molar-refractivity contribution in [2.45, 2.75) is 18.8 Å². The molecule has 0 bridgehead atoms. The predicted molar refractivity (Wildman–Crippen MR) is 116 cm³/mol. The Morgan fingerprint density at radius 2 is 2.03 bits per heavy atom. The smallest absolute Gasteiger partial charge is 0.248 e. The SMILES string of the molecule is COc1ccc(Cl)cc1C1CC1CNCCCOc1ccc2ccc(=O)[nH]c2c1. The molecule has 0 radical (unpaired) electrons. The fraction of sp³-hybridized carbons (Fsp3) is 0.348. The summed E-state index contributed by atoms with van der Waals surface area (Å²) in [6.45, 7) is 2.52. The third-order valence-electron chi connectivity index (χ3n) is 5.38. The lowest BCUT2D eigenvalue weighted by molar-refractivity contribution is 0.308. The van der Waals surface area contributed by atoms with Crippen LogP contribution in [0.3, 0.4) is 0 Å². The van der Waals surface area contributed by atoms with Crippen LogP contribution in [0.5, 0.6) is 11.5 Å². The second-order valence-corrected chi connectivity index (χ2v) is 7.90. The first-order valence-electron chi connectivity index (χ1n) is 9.94. The van der Waals surface area contributed by atoms with Crippen LogP contribution >= 0.6 is 11.6 Å². The highest BCUT2D eigenvalue weighted by atomic mass is 35.5. The van der Waals surface area contributed by atoms with Crippen molar-refractivity contribution in [3.63, 3.8) is 0 Å². The second kappa shape index (κ2) is 8.89. The maximum atomic E-state index is 11.4. The molecule has 0 spiro atoms. The van der Waals surface area contributed by atoms with Gasteiger partial charge in [0.1, 0.15) is 11.5 Å². The Labute approximate surface area is 175 Å². The van der Waals surface area contributed by atoms with E-state index in [9.17, 15) is 4.79 Å². The number of ether oxygens (including phenoxy) is 2. The second-order valence-electron chi connectivity index (χ2n) is 7.47. The van der Waals surface area contributed by atoms with Crippen LogP contribution in [0.4, 0.5) is 0 Å². The summed E-state index contributed by atoms with van der Waals surface area (Å²) in [6.07, 6.45) is 2.08. The van der Waals surface area contributed by atoms with Gasteiger partial charge in [0.05, 0.1) is 19.2 Å². The Balaban J connectivity index is 1.18. The van der Waals surface area contributed by atoms with Crippen LogP contribution in [0.1, 0.15) is 24.3 Å². The number of benzene rings is 2. The monoisotopic (exact) mass is 412 g/mol. The van der Waals surface area contributed by atoms with E-state index in [-0.39, 0.29) is 5.56 Å². The molecule has 6 heteroatoms. The van der Waals surface area contributed by atoms with Crippen molar-refractivity contribution in [1.82, 2.24) is 10.3 Å². The minimum absolute atomic E-state index is 0.104. The molecule has 4 rings (SSSR count). The lowest BCUT2D eigenvalue weighted by atomic mass is 10.1. The first-order chi connectivity index (χ1) is 14.1. The van der Waals surface area contributed by atoms with Crippen molar-refractivity contribution in [2.24, 2.45) is 5.92 Å². The van der Waals surface area contributed by atoms with Crippen LogP contribution in [0.2, 0.25) is 5.02 Å². The van der Waals surface area contributed by atoms with Crippen LogP contribution < -0.4 is 20.3 Å². The van der Waals surface area contributed by atoms with E-state index < -0.39 is 0 Å². The normalized spacial score (nSPS) is 18.0. The maximum absolute atomic E-state index is 11.4. The van der Waals surface area contributed by atoms with E-state index in [0.29, 0.717) is 18.4 Å². The van der Waals surface area contributed by atoms with Gasteiger partial charge < -0.3 is 19.8 Å². The van der Waals surface area contributed by atoms with E-state index >= 15 is 0 Å². The number of aromatic nitrogens is 1. The molecule has 1 aromatic heterocycles. The summed E-state index contributed by atoms with van der Waals surface area (Å²) in [5, 5.41) is 5.27. The molecule has 2 unspecified atom stereocenters. The van der Waals surface area contributed by atoms with Gasteiger partial charge in [0.25, 0.3) is 0 Å². The highest BCUT2D eigenvalue weighted by Gasteiger charge is 2.39. The van der Waals surface area contributed by atoms with E-state index in [1.807, 2.05) is 42.5 Å². The Morgan fingerprint density at radius 3 is 2.90 bits per heavy atom. The van der Waals surface area contributed by atoms with E-state index in [0.717, 1.165) is 53.4 Å². The standard InChI is InChI=1S/C23H25ClN2O3/c1-28-22-7-5-17(24)12-20(22)19-11-16(19)14-25-9-2-10-29-18-6-3-15-4-8-23(27)26-21(15)13-18/h3-8,12-13,16,19,25H,2,9-11,14H2,1H3,(H,26,27). The fourth-order valence-electron chi connectivity index (χ4n) is 3.74. The number of rotatable bonds is 9. The number of methoxy groups -OCH3 is 1. The molecule has 5 nitrogen and oxygen atoms in total. The zero-order valence-corrected chi connectivity index (χ0v) is 17.2. The Morgan fingerprint density at radius 1 is 1.17 bits per heavy atom. The van der Waals surface area contributed by atoms with Crippen molar-refractivity contribution >= 4 is 22.5 Å². The summed E-state index contributed by atoms with van der Waals surface area (Å²) in [5.41, 5.74) is 1.90. The minimum atomic E-state index is -0.104. The van der Waals surface area contributed by atoms with Gasteiger partial charge in [-0.3, -0.25) is 4.79 Å². The van der Waals surface area contributed by atoms with Crippen LogP contribution in [0.25, 0.3) is 10.9 Å². The quantitative estimate of drug-likeness (QED) is 0.513. The molecule has 2 aromatic carbocycles. The summed E-state index contributed by atoms with van der Waals surface area (Å²) in [6, 6.07) is 14.9. The van der Waals surface area contributed by atoms with E-state index in [1.54, 1.807) is 7.11 Å². The minimum Gasteiger partial charge on any atom is -0.496 e. The van der Waals surface area contributed by atoms with Crippen molar-refractivity contribution < 1.29 is 9.47 Å². The number of H-pyrrole nitrogens is 1. The van der Waals surface area contributed by atoms with Gasteiger partial charge in [-0.05, 0) is 85.1 Å². The highest BCUT2D eigenvalue weighted by Crippen LogP contribution is 2.50. The van der Waals surface area contributed by atoms with Gasteiger partial charge in [-0.2, -0.15) is 0 Å². The first-order valence-corrected chi connectivity index (χ1v) is 10.3. The third kappa shape index (κ3) is 4.92. The summed E-state index contributed by atoms with van der Waals surface area (Å²) < 4.78 is 11.3. The lowest BCUT2D eigenvalue weighted by Crippen LogP contribution is -2.20. The van der Waals surface area contributed by atoms with Crippen LogP contribution in [0, 0.1) is 5.92 Å². The summed E-state index contributed by atoms with van der Waals surface area (Å²) >= 11 is 6.14. The molecule has 0 amide bonds. The van der Waals surface area contributed by atoms with Crippen molar-refractivity contribution in [2.75, 3.05) is 26.8 Å². The van der Waals surface area contributed by atoms with E-state index in [1.165, 1.54) is 11.6 Å². The highest BCUT2D eigenvalue weighted by molar-refractivity contribution is 6.30. The van der Waals surface area contributed by atoms with E-state index in [2.05, 4.69) is 10.3 Å². The molecule has 1 fully saturated rings. The third-order valence-corrected chi connectivity index (χ3v) is 5.62. The number of hydrogen-bond acceptors (Lipinski definition) is 4. The van der Waals surface area contributed by atoms with Gasteiger partial charge in [0.2, 0.25) is 5.56 Å². The number of hydrogen-bond donors (Lipinski definition) is 2. The predicted octanol–water partition coefficient (Wildman–Crippen LogP) is 4.35. The van der Waals surface area contributed by atoms with Gasteiger partial charge in [-0.15, -0.1) is 0 Å². The molecule has 1 aliphatic carbocycles. The Hall–Kier alpha value is -2.50. The van der Waals surface area contributed by atoms with Gasteiger partial charge >= 0.3 is 0 Å². The number of pyridine rings is 1. The van der Waals surface area contributed by atoms with Gasteiger partial charge in [-0.1, -0.05) is 11.6 Å². The van der Waals surface area contributed by atoms with Crippen LogP contribution in [0.15, 0.2) is 53.3 Å². The molecule has 0 saturated heterocycles. The van der Waals surface area contributed by atoms with E-state index in [4.69, 9.17) is 21.1 Å². The average molecular weight is 413 g/mol. The Kier molecular flexibility index (Phi) is 6.07. The van der Waals surface area contributed by atoms with Crippen LogP contribution in [-0.2, 0) is 0 Å². The molecule has 0 aliphatic heterocycles. The fourth-order valence-corrected chi connectivity index (χ4v) is 3.92. The van der Waals surface area contributed by atoms with Crippen molar-refractivity contribution in [1.29, 1.82) is 0 Å². The molecule has 1 aliphatic rings. The molecular weight excluding hydrogens is 388 g/mol. The van der Waals surface area contributed by atoms with Gasteiger partial charge in [0, 0.05) is 17.2 Å². The topological polar surface area (TPSA) is 63.4 Å². The van der Waals surface area contributed by atoms with Gasteiger partial charge in [-0.25, -0.2) is 0 Å². The lowest BCUT2D eigenvalue weighted by Gasteiger charge is -2.10. The van der Waals surface area contributed by atoms with Crippen molar-refractivity contribution in [3.8, 4) is 11.5 Å². The molecular formula is C23H25ClN2O3. The zero-order chi connectivity index (χ0) is 20.2. The number of fused-ring (bicyclic) bond motifs is 1. The molecule has 2 atom stereocenters.